The fourth-order valence-corrected chi connectivity index (χ4v) is 1.74. The molecule has 17 heavy (non-hydrogen) atoms. The van der Waals surface area contributed by atoms with Crippen LogP contribution in [-0.4, -0.2) is 31.8 Å². The van der Waals surface area contributed by atoms with Crippen molar-refractivity contribution < 1.29 is 8.42 Å². The van der Waals surface area contributed by atoms with Gasteiger partial charge in [-0.05, 0) is 17.0 Å². The predicted molar refractivity (Wildman–Crippen MR) is 69.2 cm³/mol. The first kappa shape index (κ1) is 13.9. The molecule has 0 atom stereocenters. The highest BCUT2D eigenvalue weighted by molar-refractivity contribution is 7.90. The molecule has 96 valence electrons. The third-order valence-electron chi connectivity index (χ3n) is 2.33. The maximum atomic E-state index is 11.6. The summed E-state index contributed by atoms with van der Waals surface area (Å²) in [5.74, 6) is 0. The number of hydrogen-bond acceptors (Lipinski definition) is 3. The number of nitrogens with one attached hydrogen (secondary N) is 1. The molecular weight excluding hydrogens is 238 g/mol. The van der Waals surface area contributed by atoms with Crippen LogP contribution in [0, 0.1) is 0 Å². The van der Waals surface area contributed by atoms with E-state index in [0.29, 0.717) is 5.69 Å². The zero-order chi connectivity index (χ0) is 13.3. The first-order valence-electron chi connectivity index (χ1n) is 5.29. The van der Waals surface area contributed by atoms with Gasteiger partial charge in [0.25, 0.3) is 0 Å². The van der Waals surface area contributed by atoms with Crippen LogP contribution in [0.2, 0.25) is 0 Å². The van der Waals surface area contributed by atoms with Gasteiger partial charge in [0.05, 0.1) is 11.9 Å². The van der Waals surface area contributed by atoms with Gasteiger partial charge in [-0.15, -0.1) is 0 Å². The third-order valence-corrected chi connectivity index (χ3v) is 3.79. The molecule has 0 spiro atoms. The Kier molecular flexibility index (Phi) is 3.78. The van der Waals surface area contributed by atoms with Crippen molar-refractivity contribution in [3.8, 4) is 0 Å². The fraction of sp³-hybridized carbons (Fsp3) is 0.545. The fourth-order valence-electron chi connectivity index (χ4n) is 1.15. The lowest BCUT2D eigenvalue weighted by Crippen LogP contribution is -2.29. The summed E-state index contributed by atoms with van der Waals surface area (Å²) in [6, 6.07) is 1.80. The van der Waals surface area contributed by atoms with Crippen molar-refractivity contribution in [1.29, 1.82) is 0 Å². The van der Waals surface area contributed by atoms with E-state index >= 15 is 0 Å². The summed E-state index contributed by atoms with van der Waals surface area (Å²) < 4.78 is 26.9. The van der Waals surface area contributed by atoms with Crippen molar-refractivity contribution in [2.24, 2.45) is 0 Å². The summed E-state index contributed by atoms with van der Waals surface area (Å²) in [5.41, 5.74) is 1.40. The van der Waals surface area contributed by atoms with Crippen LogP contribution in [-0.2, 0) is 15.6 Å². The molecule has 0 aromatic carbocycles. The van der Waals surface area contributed by atoms with Gasteiger partial charge in [0.2, 0.25) is 0 Å². The minimum absolute atomic E-state index is 0.0629. The van der Waals surface area contributed by atoms with E-state index < -0.39 is 10.2 Å². The SMILES string of the molecule is CN(C)S(=O)(=O)Nc1cncc(C(C)(C)C)c1. The molecule has 1 heterocycles. The van der Waals surface area contributed by atoms with Gasteiger partial charge in [-0.2, -0.15) is 12.7 Å². The van der Waals surface area contributed by atoms with Crippen LogP contribution in [0.15, 0.2) is 18.5 Å². The van der Waals surface area contributed by atoms with Gasteiger partial charge in [0.15, 0.2) is 0 Å². The summed E-state index contributed by atoms with van der Waals surface area (Å²) in [7, 11) is -0.519. The van der Waals surface area contributed by atoms with E-state index in [9.17, 15) is 8.42 Å². The predicted octanol–water partition coefficient (Wildman–Crippen LogP) is 1.60. The van der Waals surface area contributed by atoms with Crippen LogP contribution in [0.25, 0.3) is 0 Å². The summed E-state index contributed by atoms with van der Waals surface area (Å²) in [6.45, 7) is 6.15. The molecule has 0 bridgehead atoms. The molecule has 6 heteroatoms. The van der Waals surface area contributed by atoms with Crippen LogP contribution in [0.4, 0.5) is 5.69 Å². The number of anilines is 1. The Morgan fingerprint density at radius 3 is 2.29 bits per heavy atom. The summed E-state index contributed by atoms with van der Waals surface area (Å²) in [4.78, 5) is 4.05. The normalized spacial score (nSPS) is 12.8. The van der Waals surface area contributed by atoms with Crippen molar-refractivity contribution in [2.45, 2.75) is 26.2 Å². The first-order chi connectivity index (χ1) is 7.63. The number of rotatable bonds is 3. The Morgan fingerprint density at radius 2 is 1.82 bits per heavy atom. The topological polar surface area (TPSA) is 62.3 Å². The Labute approximate surface area is 103 Å². The lowest BCUT2D eigenvalue weighted by atomic mass is 9.88. The minimum atomic E-state index is -3.47. The smallest absolute Gasteiger partial charge is 0.269 e. The van der Waals surface area contributed by atoms with Gasteiger partial charge < -0.3 is 0 Å². The Bertz CT molecular complexity index is 490. The van der Waals surface area contributed by atoms with Crippen LogP contribution in [0.1, 0.15) is 26.3 Å². The van der Waals surface area contributed by atoms with Gasteiger partial charge in [-0.3, -0.25) is 9.71 Å². The second-order valence-electron chi connectivity index (χ2n) is 5.10. The quantitative estimate of drug-likeness (QED) is 0.894. The van der Waals surface area contributed by atoms with E-state index in [1.54, 1.807) is 12.3 Å². The highest BCUT2D eigenvalue weighted by atomic mass is 32.2. The van der Waals surface area contributed by atoms with E-state index in [-0.39, 0.29) is 5.41 Å². The molecular formula is C11H19N3O2S. The molecule has 1 aromatic heterocycles. The molecule has 0 unspecified atom stereocenters. The lowest BCUT2D eigenvalue weighted by molar-refractivity contribution is 0.526. The van der Waals surface area contributed by atoms with E-state index in [0.717, 1.165) is 9.87 Å². The van der Waals surface area contributed by atoms with Crippen LogP contribution < -0.4 is 4.72 Å². The molecule has 0 amide bonds. The van der Waals surface area contributed by atoms with Gasteiger partial charge in [0, 0.05) is 20.3 Å². The van der Waals surface area contributed by atoms with E-state index in [1.165, 1.54) is 20.3 Å². The third kappa shape index (κ3) is 3.67. The molecule has 0 aliphatic carbocycles. The van der Waals surface area contributed by atoms with E-state index in [2.05, 4.69) is 9.71 Å². The second-order valence-corrected chi connectivity index (χ2v) is 6.99. The molecule has 1 N–H and O–H groups in total. The number of hydrogen-bond donors (Lipinski definition) is 1. The highest BCUT2D eigenvalue weighted by Crippen LogP contribution is 2.23. The average molecular weight is 257 g/mol. The lowest BCUT2D eigenvalue weighted by Gasteiger charge is -2.20. The second kappa shape index (κ2) is 4.62. The zero-order valence-corrected chi connectivity index (χ0v) is 11.7. The zero-order valence-electron chi connectivity index (χ0n) is 10.9. The Morgan fingerprint density at radius 1 is 1.24 bits per heavy atom. The Balaban J connectivity index is 3.03. The highest BCUT2D eigenvalue weighted by Gasteiger charge is 2.17. The van der Waals surface area contributed by atoms with Gasteiger partial charge in [-0.25, -0.2) is 0 Å². The summed E-state index contributed by atoms with van der Waals surface area (Å²) >= 11 is 0. The standard InChI is InChI=1S/C11H19N3O2S/c1-11(2,3)9-6-10(8-12-7-9)13-17(15,16)14(4)5/h6-8,13H,1-5H3. The molecule has 0 fully saturated rings. The largest absolute Gasteiger partial charge is 0.301 e. The van der Waals surface area contributed by atoms with Crippen molar-refractivity contribution in [3.63, 3.8) is 0 Å². The minimum Gasteiger partial charge on any atom is -0.269 e. The summed E-state index contributed by atoms with van der Waals surface area (Å²) in [5, 5.41) is 0. The molecule has 0 saturated heterocycles. The molecule has 1 aromatic rings. The van der Waals surface area contributed by atoms with Gasteiger partial charge in [-0.1, -0.05) is 20.8 Å². The number of pyridine rings is 1. The van der Waals surface area contributed by atoms with Gasteiger partial charge >= 0.3 is 10.2 Å². The van der Waals surface area contributed by atoms with E-state index in [1.807, 2.05) is 20.8 Å². The van der Waals surface area contributed by atoms with Gasteiger partial charge in [0.1, 0.15) is 0 Å². The monoisotopic (exact) mass is 257 g/mol. The van der Waals surface area contributed by atoms with Crippen LogP contribution in [0.5, 0.6) is 0 Å². The number of aromatic nitrogens is 1. The van der Waals surface area contributed by atoms with E-state index in [4.69, 9.17) is 0 Å². The molecule has 5 nitrogen and oxygen atoms in total. The van der Waals surface area contributed by atoms with Crippen molar-refractivity contribution in [3.05, 3.63) is 24.0 Å². The summed E-state index contributed by atoms with van der Waals surface area (Å²) in [6.07, 6.45) is 3.24. The first-order valence-corrected chi connectivity index (χ1v) is 6.73. The number of nitrogens with zero attached hydrogens (tertiary/aromatic N) is 2. The molecule has 1 rings (SSSR count). The molecule has 0 aliphatic rings. The average Bonchev–Trinajstić information content (AvgIpc) is 2.15. The van der Waals surface area contributed by atoms with Crippen LogP contribution in [0.3, 0.4) is 0 Å². The molecule has 0 saturated carbocycles. The molecule has 0 radical (unpaired) electrons. The van der Waals surface area contributed by atoms with Crippen LogP contribution >= 0.6 is 0 Å². The maximum absolute atomic E-state index is 11.6. The van der Waals surface area contributed by atoms with Crippen molar-refractivity contribution in [1.82, 2.24) is 9.29 Å². The Hall–Kier alpha value is -1.14. The molecule has 0 aliphatic heterocycles. The maximum Gasteiger partial charge on any atom is 0.301 e. The van der Waals surface area contributed by atoms with Crippen molar-refractivity contribution >= 4 is 15.9 Å². The van der Waals surface area contributed by atoms with Crippen molar-refractivity contribution in [2.75, 3.05) is 18.8 Å².